The third-order valence-corrected chi connectivity index (χ3v) is 7.49. The first-order valence-corrected chi connectivity index (χ1v) is 11.3. The van der Waals surface area contributed by atoms with Crippen LogP contribution in [0.15, 0.2) is 41.3 Å². The Labute approximate surface area is 178 Å². The van der Waals surface area contributed by atoms with Crippen LogP contribution in [0.4, 0.5) is 5.69 Å². The lowest BCUT2D eigenvalue weighted by molar-refractivity contribution is -0.120. The van der Waals surface area contributed by atoms with Crippen molar-refractivity contribution in [2.45, 2.75) is 31.6 Å². The fourth-order valence-electron chi connectivity index (χ4n) is 3.62. The molecular formula is C22H28N2O5S. The standard InChI is InChI=1S/C22H28N2O5S/c1-15-5-6-16(2)21(13-15)30(26,27)24-11-9-17(10-12-24)22(25)23-19-8-7-18(28-3)14-20(19)29-4/h5-8,13-14,17H,9-12H2,1-4H3,(H,23,25). The van der Waals surface area contributed by atoms with Crippen LogP contribution in [0.1, 0.15) is 24.0 Å². The molecule has 0 spiro atoms. The molecule has 0 aromatic heterocycles. The zero-order valence-corrected chi connectivity index (χ0v) is 18.6. The lowest BCUT2D eigenvalue weighted by atomic mass is 9.97. The first-order valence-electron chi connectivity index (χ1n) is 9.86. The van der Waals surface area contributed by atoms with Gasteiger partial charge in [0.05, 0.1) is 24.8 Å². The van der Waals surface area contributed by atoms with Crippen LogP contribution in [0, 0.1) is 19.8 Å². The van der Waals surface area contributed by atoms with Gasteiger partial charge in [-0.2, -0.15) is 4.31 Å². The number of methoxy groups -OCH3 is 2. The van der Waals surface area contributed by atoms with Gasteiger partial charge >= 0.3 is 0 Å². The largest absolute Gasteiger partial charge is 0.497 e. The fraction of sp³-hybridized carbons (Fsp3) is 0.409. The summed E-state index contributed by atoms with van der Waals surface area (Å²) >= 11 is 0. The Bertz CT molecular complexity index is 1030. The minimum atomic E-state index is -3.57. The number of sulfonamides is 1. The molecule has 1 aliphatic rings. The summed E-state index contributed by atoms with van der Waals surface area (Å²) in [6.45, 7) is 4.30. The Morgan fingerprint density at radius 2 is 1.73 bits per heavy atom. The van der Waals surface area contributed by atoms with Gasteiger partial charge in [-0.25, -0.2) is 8.42 Å². The predicted octanol–water partition coefficient (Wildman–Crippen LogP) is 3.36. The van der Waals surface area contributed by atoms with Crippen LogP contribution in [0.25, 0.3) is 0 Å². The molecule has 1 saturated heterocycles. The van der Waals surface area contributed by atoms with E-state index in [0.717, 1.165) is 11.1 Å². The lowest BCUT2D eigenvalue weighted by Crippen LogP contribution is -2.41. The van der Waals surface area contributed by atoms with Crippen molar-refractivity contribution < 1.29 is 22.7 Å². The van der Waals surface area contributed by atoms with E-state index >= 15 is 0 Å². The molecule has 2 aromatic rings. The van der Waals surface area contributed by atoms with Crippen LogP contribution in [0.5, 0.6) is 11.5 Å². The highest BCUT2D eigenvalue weighted by atomic mass is 32.2. The van der Waals surface area contributed by atoms with Gasteiger partial charge in [0.15, 0.2) is 0 Å². The molecule has 30 heavy (non-hydrogen) atoms. The average molecular weight is 433 g/mol. The number of hydrogen-bond donors (Lipinski definition) is 1. The minimum Gasteiger partial charge on any atom is -0.497 e. The number of carbonyl (C=O) groups is 1. The van der Waals surface area contributed by atoms with Gasteiger partial charge in [-0.15, -0.1) is 0 Å². The highest BCUT2D eigenvalue weighted by Gasteiger charge is 2.33. The monoisotopic (exact) mass is 432 g/mol. The minimum absolute atomic E-state index is 0.137. The smallest absolute Gasteiger partial charge is 0.243 e. The Balaban J connectivity index is 1.67. The summed E-state index contributed by atoms with van der Waals surface area (Å²) in [5, 5.41) is 2.90. The molecule has 1 heterocycles. The van der Waals surface area contributed by atoms with Gasteiger partial charge < -0.3 is 14.8 Å². The van der Waals surface area contributed by atoms with Crippen molar-refractivity contribution in [3.8, 4) is 11.5 Å². The summed E-state index contributed by atoms with van der Waals surface area (Å²) in [4.78, 5) is 13.1. The summed E-state index contributed by atoms with van der Waals surface area (Å²) in [5.74, 6) is 0.747. The molecule has 1 aliphatic heterocycles. The molecule has 0 bridgehead atoms. The second kappa shape index (κ2) is 9.06. The molecule has 8 heteroatoms. The number of ether oxygens (including phenoxy) is 2. The predicted molar refractivity (Wildman–Crippen MR) is 116 cm³/mol. The van der Waals surface area contributed by atoms with E-state index in [4.69, 9.17) is 9.47 Å². The van der Waals surface area contributed by atoms with E-state index < -0.39 is 10.0 Å². The molecule has 3 rings (SSSR count). The van der Waals surface area contributed by atoms with Crippen LogP contribution in [0.2, 0.25) is 0 Å². The van der Waals surface area contributed by atoms with Crippen LogP contribution in [-0.4, -0.2) is 45.9 Å². The van der Waals surface area contributed by atoms with E-state index in [1.54, 1.807) is 38.3 Å². The lowest BCUT2D eigenvalue weighted by Gasteiger charge is -2.31. The van der Waals surface area contributed by atoms with Crippen LogP contribution in [-0.2, 0) is 14.8 Å². The molecule has 0 radical (unpaired) electrons. The van der Waals surface area contributed by atoms with Crippen molar-refractivity contribution in [1.82, 2.24) is 4.31 Å². The zero-order chi connectivity index (χ0) is 21.9. The molecule has 0 atom stereocenters. The first-order chi connectivity index (χ1) is 14.3. The molecule has 0 unspecified atom stereocenters. The van der Waals surface area contributed by atoms with Gasteiger partial charge in [-0.3, -0.25) is 4.79 Å². The number of nitrogens with one attached hydrogen (secondary N) is 1. The molecule has 162 valence electrons. The van der Waals surface area contributed by atoms with Crippen molar-refractivity contribution >= 4 is 21.6 Å². The highest BCUT2D eigenvalue weighted by molar-refractivity contribution is 7.89. The van der Waals surface area contributed by atoms with E-state index in [-0.39, 0.29) is 11.8 Å². The second-order valence-electron chi connectivity index (χ2n) is 7.50. The van der Waals surface area contributed by atoms with Crippen LogP contribution >= 0.6 is 0 Å². The first kappa shape index (κ1) is 22.1. The Morgan fingerprint density at radius 3 is 2.37 bits per heavy atom. The molecule has 0 aliphatic carbocycles. The number of rotatable bonds is 6. The maximum Gasteiger partial charge on any atom is 0.243 e. The quantitative estimate of drug-likeness (QED) is 0.757. The summed E-state index contributed by atoms with van der Waals surface area (Å²) in [7, 11) is -0.482. The van der Waals surface area contributed by atoms with E-state index in [0.29, 0.717) is 48.0 Å². The number of anilines is 1. The van der Waals surface area contributed by atoms with Gasteiger partial charge in [0.1, 0.15) is 11.5 Å². The SMILES string of the molecule is COc1ccc(NC(=O)C2CCN(S(=O)(=O)c3cc(C)ccc3C)CC2)c(OC)c1. The molecule has 1 fully saturated rings. The maximum absolute atomic E-state index is 13.1. The second-order valence-corrected chi connectivity index (χ2v) is 9.41. The maximum atomic E-state index is 13.1. The summed E-state index contributed by atoms with van der Waals surface area (Å²) in [5.41, 5.74) is 2.20. The van der Waals surface area contributed by atoms with Gasteiger partial charge in [-0.1, -0.05) is 12.1 Å². The summed E-state index contributed by atoms with van der Waals surface area (Å²) in [6, 6.07) is 10.6. The molecule has 1 N–H and O–H groups in total. The van der Waals surface area contributed by atoms with Crippen molar-refractivity contribution in [1.29, 1.82) is 0 Å². The molecule has 1 amide bonds. The third-order valence-electron chi connectivity index (χ3n) is 5.45. The average Bonchev–Trinajstić information content (AvgIpc) is 2.75. The normalized spacial score (nSPS) is 15.6. The number of nitrogens with zero attached hydrogens (tertiary/aromatic N) is 1. The summed E-state index contributed by atoms with van der Waals surface area (Å²) < 4.78 is 38.1. The Hall–Kier alpha value is -2.58. The number of carbonyl (C=O) groups excluding carboxylic acids is 1. The van der Waals surface area contributed by atoms with Crippen LogP contribution in [0.3, 0.4) is 0 Å². The number of hydrogen-bond acceptors (Lipinski definition) is 5. The number of aryl methyl sites for hydroxylation is 2. The van der Waals surface area contributed by atoms with Gasteiger partial charge in [0.25, 0.3) is 0 Å². The molecule has 0 saturated carbocycles. The van der Waals surface area contributed by atoms with Crippen molar-refractivity contribution in [3.05, 3.63) is 47.5 Å². The van der Waals surface area contributed by atoms with Crippen molar-refractivity contribution in [2.75, 3.05) is 32.6 Å². The van der Waals surface area contributed by atoms with E-state index in [1.807, 2.05) is 19.1 Å². The number of benzene rings is 2. The molecule has 7 nitrogen and oxygen atoms in total. The van der Waals surface area contributed by atoms with E-state index in [1.165, 1.54) is 11.4 Å². The topological polar surface area (TPSA) is 84.9 Å². The van der Waals surface area contributed by atoms with E-state index in [9.17, 15) is 13.2 Å². The molecule has 2 aromatic carbocycles. The zero-order valence-electron chi connectivity index (χ0n) is 17.8. The van der Waals surface area contributed by atoms with Crippen molar-refractivity contribution in [3.63, 3.8) is 0 Å². The van der Waals surface area contributed by atoms with E-state index in [2.05, 4.69) is 5.32 Å². The van der Waals surface area contributed by atoms with Gasteiger partial charge in [0.2, 0.25) is 15.9 Å². The van der Waals surface area contributed by atoms with Gasteiger partial charge in [0, 0.05) is 25.1 Å². The summed E-state index contributed by atoms with van der Waals surface area (Å²) in [6.07, 6.45) is 0.933. The number of piperidine rings is 1. The van der Waals surface area contributed by atoms with Crippen LogP contribution < -0.4 is 14.8 Å². The Kier molecular flexibility index (Phi) is 6.67. The fourth-order valence-corrected chi connectivity index (χ4v) is 5.40. The van der Waals surface area contributed by atoms with Crippen molar-refractivity contribution in [2.24, 2.45) is 5.92 Å². The molecular weight excluding hydrogens is 404 g/mol. The Morgan fingerprint density at radius 1 is 1.03 bits per heavy atom. The number of amides is 1. The van der Waals surface area contributed by atoms with Gasteiger partial charge in [-0.05, 0) is 56.0 Å². The highest BCUT2D eigenvalue weighted by Crippen LogP contribution is 2.31. The third kappa shape index (κ3) is 4.60.